The minimum absolute atomic E-state index is 0.0928. The summed E-state index contributed by atoms with van der Waals surface area (Å²) in [6, 6.07) is 5.45. The first-order valence-corrected chi connectivity index (χ1v) is 8.12. The Balaban J connectivity index is 2.29. The molecule has 0 saturated heterocycles. The number of sulfonamides is 1. The maximum Gasteiger partial charge on any atom is 0.314 e. The second-order valence-electron chi connectivity index (χ2n) is 5.46. The number of hydrogen-bond donors (Lipinski definition) is 2. The minimum Gasteiger partial charge on any atom is -0.481 e. The minimum atomic E-state index is -3.69. The molecule has 116 valence electrons. The second kappa shape index (κ2) is 5.40. The largest absolute Gasteiger partial charge is 0.481 e. The molecule has 0 bridgehead atoms. The molecular formula is C14H19NO5S. The second-order valence-corrected chi connectivity index (χ2v) is 7.46. The average molecular weight is 313 g/mol. The van der Waals surface area contributed by atoms with Gasteiger partial charge < -0.3 is 10.2 Å². The van der Waals surface area contributed by atoms with Gasteiger partial charge in [-0.1, -0.05) is 12.1 Å². The van der Waals surface area contributed by atoms with Crippen LogP contribution < -0.4 is 0 Å². The van der Waals surface area contributed by atoms with Crippen molar-refractivity contribution in [3.05, 3.63) is 29.8 Å². The monoisotopic (exact) mass is 313 g/mol. The molecule has 0 aromatic heterocycles. The third-order valence-electron chi connectivity index (χ3n) is 4.13. The van der Waals surface area contributed by atoms with Crippen molar-refractivity contribution < 1.29 is 23.4 Å². The fourth-order valence-corrected chi connectivity index (χ4v) is 3.57. The summed E-state index contributed by atoms with van der Waals surface area (Å²) in [5.41, 5.74) is -0.209. The van der Waals surface area contributed by atoms with Gasteiger partial charge in [-0.15, -0.1) is 0 Å². The lowest BCUT2D eigenvalue weighted by Crippen LogP contribution is -2.37. The van der Waals surface area contributed by atoms with Gasteiger partial charge in [-0.25, -0.2) is 8.42 Å². The molecule has 1 unspecified atom stereocenters. The van der Waals surface area contributed by atoms with Crippen LogP contribution in [0.25, 0.3) is 0 Å². The van der Waals surface area contributed by atoms with Gasteiger partial charge in [-0.05, 0) is 37.5 Å². The number of aliphatic hydroxyl groups excluding tert-OH is 1. The fourth-order valence-electron chi connectivity index (χ4n) is 2.22. The first-order valence-electron chi connectivity index (χ1n) is 6.68. The number of benzene rings is 1. The van der Waals surface area contributed by atoms with Crippen LogP contribution in [0.15, 0.2) is 29.2 Å². The number of likely N-dealkylation sites (N-methyl/N-ethyl adjacent to an activating group) is 1. The van der Waals surface area contributed by atoms with Crippen LogP contribution in [-0.4, -0.2) is 48.6 Å². The first kappa shape index (κ1) is 15.9. The highest BCUT2D eigenvalue weighted by Gasteiger charge is 2.51. The number of rotatable bonds is 6. The summed E-state index contributed by atoms with van der Waals surface area (Å²) in [5.74, 6) is -0.871. The number of aliphatic hydroxyl groups is 1. The number of hydrogen-bond acceptors (Lipinski definition) is 4. The van der Waals surface area contributed by atoms with Gasteiger partial charge in [0.2, 0.25) is 10.0 Å². The Morgan fingerprint density at radius 2 is 1.86 bits per heavy atom. The SMILES string of the molecule is CC(CO)N(C)S(=O)(=O)c1ccc(C2(C(=O)O)CC2)cc1. The van der Waals surface area contributed by atoms with Gasteiger partial charge in [0.05, 0.1) is 16.9 Å². The summed E-state index contributed by atoms with van der Waals surface area (Å²) in [4.78, 5) is 11.3. The Morgan fingerprint density at radius 1 is 1.33 bits per heavy atom. The van der Waals surface area contributed by atoms with Crippen molar-refractivity contribution in [2.75, 3.05) is 13.7 Å². The summed E-state index contributed by atoms with van der Waals surface area (Å²) in [6.07, 6.45) is 1.16. The van der Waals surface area contributed by atoms with E-state index in [1.807, 2.05) is 0 Å². The van der Waals surface area contributed by atoms with Crippen LogP contribution in [0.5, 0.6) is 0 Å². The predicted molar refractivity (Wildman–Crippen MR) is 76.5 cm³/mol. The Morgan fingerprint density at radius 3 is 2.24 bits per heavy atom. The number of carbonyl (C=O) groups is 1. The number of aliphatic carboxylic acids is 1. The van der Waals surface area contributed by atoms with Crippen molar-refractivity contribution >= 4 is 16.0 Å². The highest BCUT2D eigenvalue weighted by atomic mass is 32.2. The molecule has 2 rings (SSSR count). The van der Waals surface area contributed by atoms with E-state index < -0.39 is 27.4 Å². The predicted octanol–water partition coefficient (Wildman–Crippen LogP) is 0.804. The highest BCUT2D eigenvalue weighted by Crippen LogP contribution is 2.48. The van der Waals surface area contributed by atoms with E-state index in [0.29, 0.717) is 18.4 Å². The van der Waals surface area contributed by atoms with E-state index in [-0.39, 0.29) is 11.5 Å². The molecule has 6 nitrogen and oxygen atoms in total. The van der Waals surface area contributed by atoms with Gasteiger partial charge >= 0.3 is 5.97 Å². The Labute approximate surface area is 124 Å². The zero-order valence-electron chi connectivity index (χ0n) is 12.0. The van der Waals surface area contributed by atoms with Crippen molar-refractivity contribution in [1.29, 1.82) is 0 Å². The van der Waals surface area contributed by atoms with E-state index in [2.05, 4.69) is 0 Å². The molecule has 0 spiro atoms. The lowest BCUT2D eigenvalue weighted by molar-refractivity contribution is -0.140. The lowest BCUT2D eigenvalue weighted by Gasteiger charge is -2.22. The van der Waals surface area contributed by atoms with E-state index in [1.165, 1.54) is 19.2 Å². The van der Waals surface area contributed by atoms with Crippen molar-refractivity contribution in [3.63, 3.8) is 0 Å². The molecule has 1 saturated carbocycles. The summed E-state index contributed by atoms with van der Waals surface area (Å²) >= 11 is 0. The molecule has 2 N–H and O–H groups in total. The lowest BCUT2D eigenvalue weighted by atomic mass is 9.96. The number of carboxylic acids is 1. The molecule has 1 aromatic carbocycles. The molecule has 1 aliphatic carbocycles. The maximum atomic E-state index is 12.3. The molecular weight excluding hydrogens is 294 g/mol. The van der Waals surface area contributed by atoms with Crippen LogP contribution in [-0.2, 0) is 20.2 Å². The summed E-state index contributed by atoms with van der Waals surface area (Å²) in [7, 11) is -2.28. The zero-order chi connectivity index (χ0) is 15.8. The van der Waals surface area contributed by atoms with Crippen LogP contribution in [0.4, 0.5) is 0 Å². The van der Waals surface area contributed by atoms with Crippen LogP contribution in [0.2, 0.25) is 0 Å². The van der Waals surface area contributed by atoms with E-state index >= 15 is 0 Å². The van der Waals surface area contributed by atoms with Gasteiger partial charge in [0, 0.05) is 13.1 Å². The van der Waals surface area contributed by atoms with Crippen molar-refractivity contribution in [2.24, 2.45) is 0 Å². The van der Waals surface area contributed by atoms with Crippen molar-refractivity contribution in [2.45, 2.75) is 36.1 Å². The first-order chi connectivity index (χ1) is 9.75. The number of nitrogens with zero attached hydrogens (tertiary/aromatic N) is 1. The quantitative estimate of drug-likeness (QED) is 0.810. The van der Waals surface area contributed by atoms with E-state index in [9.17, 15) is 18.3 Å². The van der Waals surface area contributed by atoms with E-state index in [0.717, 1.165) is 4.31 Å². The molecule has 7 heteroatoms. The van der Waals surface area contributed by atoms with Crippen LogP contribution in [0.1, 0.15) is 25.3 Å². The number of carboxylic acid groups (broad SMARTS) is 1. The van der Waals surface area contributed by atoms with E-state index in [4.69, 9.17) is 5.11 Å². The third kappa shape index (κ3) is 2.68. The highest BCUT2D eigenvalue weighted by molar-refractivity contribution is 7.89. The zero-order valence-corrected chi connectivity index (χ0v) is 12.8. The van der Waals surface area contributed by atoms with Crippen molar-refractivity contribution in [3.8, 4) is 0 Å². The fraction of sp³-hybridized carbons (Fsp3) is 0.500. The molecule has 0 aliphatic heterocycles. The molecule has 0 radical (unpaired) electrons. The molecule has 1 fully saturated rings. The normalized spacial score (nSPS) is 18.5. The summed E-state index contributed by atoms with van der Waals surface area (Å²) in [5, 5.41) is 18.3. The van der Waals surface area contributed by atoms with Crippen LogP contribution in [0, 0.1) is 0 Å². The topological polar surface area (TPSA) is 94.9 Å². The van der Waals surface area contributed by atoms with Gasteiger partial charge in [0.1, 0.15) is 0 Å². The molecule has 1 aromatic rings. The maximum absolute atomic E-state index is 12.3. The van der Waals surface area contributed by atoms with Gasteiger partial charge in [0.25, 0.3) is 0 Å². The van der Waals surface area contributed by atoms with Crippen LogP contribution >= 0.6 is 0 Å². The van der Waals surface area contributed by atoms with Gasteiger partial charge in [-0.3, -0.25) is 4.79 Å². The summed E-state index contributed by atoms with van der Waals surface area (Å²) < 4.78 is 25.8. The third-order valence-corrected chi connectivity index (χ3v) is 6.11. The molecule has 1 aliphatic rings. The Hall–Kier alpha value is -1.44. The Kier molecular flexibility index (Phi) is 4.10. The van der Waals surface area contributed by atoms with Gasteiger partial charge in [0.15, 0.2) is 0 Å². The molecule has 21 heavy (non-hydrogen) atoms. The molecule has 0 heterocycles. The van der Waals surface area contributed by atoms with Gasteiger partial charge in [-0.2, -0.15) is 4.31 Å². The standard InChI is InChI=1S/C14H19NO5S/c1-10(9-16)15(2)21(19,20)12-5-3-11(4-6-12)14(7-8-14)13(17)18/h3-6,10,16H,7-9H2,1-2H3,(H,17,18). The van der Waals surface area contributed by atoms with Crippen LogP contribution in [0.3, 0.4) is 0 Å². The average Bonchev–Trinajstić information content (AvgIpc) is 3.27. The molecule has 1 atom stereocenters. The van der Waals surface area contributed by atoms with Crippen molar-refractivity contribution in [1.82, 2.24) is 4.31 Å². The Bertz CT molecular complexity index is 634. The van der Waals surface area contributed by atoms with E-state index in [1.54, 1.807) is 19.1 Å². The molecule has 0 amide bonds. The smallest absolute Gasteiger partial charge is 0.314 e. The summed E-state index contributed by atoms with van der Waals surface area (Å²) in [6.45, 7) is 1.34.